The first-order valence-corrected chi connectivity index (χ1v) is 4.81. The highest BCUT2D eigenvalue weighted by Gasteiger charge is 2.21. The van der Waals surface area contributed by atoms with E-state index in [1.54, 1.807) is 0 Å². The third kappa shape index (κ3) is 1.70. The summed E-state index contributed by atoms with van der Waals surface area (Å²) >= 11 is 0. The molecule has 0 atom stereocenters. The molecule has 2 heterocycles. The van der Waals surface area contributed by atoms with Crippen molar-refractivity contribution < 1.29 is 0 Å². The second-order valence-electron chi connectivity index (χ2n) is 3.85. The molecule has 70 valence electrons. The Morgan fingerprint density at radius 1 is 1.46 bits per heavy atom. The quantitative estimate of drug-likeness (QED) is 0.739. The molecule has 1 fully saturated rings. The Morgan fingerprint density at radius 3 is 2.77 bits per heavy atom. The SMILES string of the molecule is CC(C)c1ccnc(C2CNC2)n1. The topological polar surface area (TPSA) is 37.8 Å². The molecule has 0 spiro atoms. The summed E-state index contributed by atoms with van der Waals surface area (Å²) in [5.41, 5.74) is 1.15. The molecule has 1 aromatic rings. The first kappa shape index (κ1) is 8.63. The fourth-order valence-electron chi connectivity index (χ4n) is 1.38. The predicted molar refractivity (Wildman–Crippen MR) is 51.7 cm³/mol. The smallest absolute Gasteiger partial charge is 0.134 e. The van der Waals surface area contributed by atoms with Gasteiger partial charge in [-0.05, 0) is 12.0 Å². The zero-order valence-corrected chi connectivity index (χ0v) is 8.12. The van der Waals surface area contributed by atoms with E-state index >= 15 is 0 Å². The van der Waals surface area contributed by atoms with Gasteiger partial charge in [0.05, 0.1) is 0 Å². The summed E-state index contributed by atoms with van der Waals surface area (Å²) in [6, 6.07) is 2.00. The monoisotopic (exact) mass is 177 g/mol. The minimum Gasteiger partial charge on any atom is -0.315 e. The first-order chi connectivity index (χ1) is 6.27. The molecule has 1 aliphatic rings. The van der Waals surface area contributed by atoms with Crippen molar-refractivity contribution in [1.82, 2.24) is 15.3 Å². The number of nitrogens with one attached hydrogen (secondary N) is 1. The van der Waals surface area contributed by atoms with E-state index in [0.717, 1.165) is 24.6 Å². The van der Waals surface area contributed by atoms with Crippen LogP contribution in [0.4, 0.5) is 0 Å². The Kier molecular flexibility index (Phi) is 2.27. The molecule has 0 aliphatic carbocycles. The van der Waals surface area contributed by atoms with E-state index in [-0.39, 0.29) is 0 Å². The van der Waals surface area contributed by atoms with Gasteiger partial charge in [0.1, 0.15) is 5.82 Å². The van der Waals surface area contributed by atoms with Crippen LogP contribution in [0, 0.1) is 0 Å². The lowest BCUT2D eigenvalue weighted by molar-refractivity contribution is 0.428. The van der Waals surface area contributed by atoms with Crippen LogP contribution in [0.5, 0.6) is 0 Å². The van der Waals surface area contributed by atoms with Gasteiger partial charge in [-0.25, -0.2) is 9.97 Å². The second kappa shape index (κ2) is 3.42. The van der Waals surface area contributed by atoms with Crippen molar-refractivity contribution in [3.8, 4) is 0 Å². The van der Waals surface area contributed by atoms with Crippen LogP contribution < -0.4 is 5.32 Å². The third-order valence-corrected chi connectivity index (χ3v) is 2.43. The van der Waals surface area contributed by atoms with Crippen LogP contribution in [0.15, 0.2) is 12.3 Å². The molecule has 3 nitrogen and oxygen atoms in total. The van der Waals surface area contributed by atoms with E-state index in [0.29, 0.717) is 11.8 Å². The summed E-state index contributed by atoms with van der Waals surface area (Å²) in [6.07, 6.45) is 1.87. The summed E-state index contributed by atoms with van der Waals surface area (Å²) in [7, 11) is 0. The molecular weight excluding hydrogens is 162 g/mol. The molecule has 1 aliphatic heterocycles. The number of hydrogen-bond donors (Lipinski definition) is 1. The lowest BCUT2D eigenvalue weighted by Gasteiger charge is -2.25. The highest BCUT2D eigenvalue weighted by molar-refractivity contribution is 5.11. The summed E-state index contributed by atoms with van der Waals surface area (Å²) in [6.45, 7) is 6.37. The van der Waals surface area contributed by atoms with E-state index in [2.05, 4.69) is 29.1 Å². The molecule has 0 radical (unpaired) electrons. The molecule has 13 heavy (non-hydrogen) atoms. The number of aromatic nitrogens is 2. The summed E-state index contributed by atoms with van der Waals surface area (Å²) in [5, 5.41) is 3.23. The summed E-state index contributed by atoms with van der Waals surface area (Å²) < 4.78 is 0. The van der Waals surface area contributed by atoms with Gasteiger partial charge in [0.2, 0.25) is 0 Å². The van der Waals surface area contributed by atoms with Gasteiger partial charge in [0.25, 0.3) is 0 Å². The van der Waals surface area contributed by atoms with Crippen molar-refractivity contribution in [1.29, 1.82) is 0 Å². The number of hydrogen-bond acceptors (Lipinski definition) is 3. The number of rotatable bonds is 2. The minimum absolute atomic E-state index is 0.495. The Balaban J connectivity index is 2.21. The molecule has 0 aromatic carbocycles. The molecule has 0 saturated carbocycles. The molecule has 1 saturated heterocycles. The van der Waals surface area contributed by atoms with Crippen molar-refractivity contribution in [2.45, 2.75) is 25.7 Å². The van der Waals surface area contributed by atoms with Gasteiger partial charge in [-0.2, -0.15) is 0 Å². The van der Waals surface area contributed by atoms with Crippen LogP contribution in [0.2, 0.25) is 0 Å². The van der Waals surface area contributed by atoms with E-state index in [1.807, 2.05) is 12.3 Å². The van der Waals surface area contributed by atoms with Crippen molar-refractivity contribution in [2.75, 3.05) is 13.1 Å². The van der Waals surface area contributed by atoms with Crippen molar-refractivity contribution in [2.24, 2.45) is 0 Å². The summed E-state index contributed by atoms with van der Waals surface area (Å²) in [5.74, 6) is 2.04. The number of nitrogens with zero attached hydrogens (tertiary/aromatic N) is 2. The van der Waals surface area contributed by atoms with E-state index in [9.17, 15) is 0 Å². The van der Waals surface area contributed by atoms with E-state index in [4.69, 9.17) is 0 Å². The van der Waals surface area contributed by atoms with Crippen LogP contribution in [-0.2, 0) is 0 Å². The van der Waals surface area contributed by atoms with E-state index < -0.39 is 0 Å². The van der Waals surface area contributed by atoms with Gasteiger partial charge in [0.15, 0.2) is 0 Å². The molecule has 1 N–H and O–H groups in total. The maximum Gasteiger partial charge on any atom is 0.134 e. The Labute approximate surface area is 78.6 Å². The lowest BCUT2D eigenvalue weighted by atomic mass is 10.0. The second-order valence-corrected chi connectivity index (χ2v) is 3.85. The maximum absolute atomic E-state index is 4.54. The van der Waals surface area contributed by atoms with Crippen molar-refractivity contribution in [3.63, 3.8) is 0 Å². The fourth-order valence-corrected chi connectivity index (χ4v) is 1.38. The Hall–Kier alpha value is -0.960. The van der Waals surface area contributed by atoms with Gasteiger partial charge < -0.3 is 5.32 Å². The van der Waals surface area contributed by atoms with Gasteiger partial charge in [-0.3, -0.25) is 0 Å². The molecule has 3 heteroatoms. The van der Waals surface area contributed by atoms with Crippen molar-refractivity contribution in [3.05, 3.63) is 23.8 Å². The lowest BCUT2D eigenvalue weighted by Crippen LogP contribution is -2.40. The van der Waals surface area contributed by atoms with E-state index in [1.165, 1.54) is 0 Å². The largest absolute Gasteiger partial charge is 0.315 e. The fraction of sp³-hybridized carbons (Fsp3) is 0.600. The van der Waals surface area contributed by atoms with Crippen LogP contribution in [0.25, 0.3) is 0 Å². The zero-order chi connectivity index (χ0) is 9.26. The van der Waals surface area contributed by atoms with Crippen LogP contribution >= 0.6 is 0 Å². The predicted octanol–water partition coefficient (Wildman–Crippen LogP) is 1.29. The average molecular weight is 177 g/mol. The van der Waals surface area contributed by atoms with Gasteiger partial charge in [-0.1, -0.05) is 13.8 Å². The van der Waals surface area contributed by atoms with Crippen LogP contribution in [0.3, 0.4) is 0 Å². The standard InChI is InChI=1S/C10H15N3/c1-7(2)9-3-4-12-10(13-9)8-5-11-6-8/h3-4,7-8,11H,5-6H2,1-2H3. The normalized spacial score (nSPS) is 17.5. The van der Waals surface area contributed by atoms with Gasteiger partial charge >= 0.3 is 0 Å². The summed E-state index contributed by atoms with van der Waals surface area (Å²) in [4.78, 5) is 8.84. The van der Waals surface area contributed by atoms with Gasteiger partial charge in [0, 0.05) is 30.9 Å². The first-order valence-electron chi connectivity index (χ1n) is 4.81. The minimum atomic E-state index is 0.495. The highest BCUT2D eigenvalue weighted by Crippen LogP contribution is 2.17. The zero-order valence-electron chi connectivity index (χ0n) is 8.12. The maximum atomic E-state index is 4.54. The highest BCUT2D eigenvalue weighted by atomic mass is 15.0. The molecule has 1 aromatic heterocycles. The third-order valence-electron chi connectivity index (χ3n) is 2.43. The van der Waals surface area contributed by atoms with Crippen LogP contribution in [0.1, 0.15) is 37.2 Å². The molecular formula is C10H15N3. The molecule has 0 amide bonds. The van der Waals surface area contributed by atoms with Gasteiger partial charge in [-0.15, -0.1) is 0 Å². The molecule has 0 unspecified atom stereocenters. The van der Waals surface area contributed by atoms with Crippen molar-refractivity contribution >= 4 is 0 Å². The Morgan fingerprint density at radius 2 is 2.23 bits per heavy atom. The molecule has 2 rings (SSSR count). The Bertz CT molecular complexity index is 292. The molecule has 0 bridgehead atoms. The van der Waals surface area contributed by atoms with Crippen LogP contribution in [-0.4, -0.2) is 23.1 Å². The average Bonchev–Trinajstić information content (AvgIpc) is 2.01.